The molecule has 8 rings (SSSR count). The zero-order chi connectivity index (χ0) is 25.9. The minimum Gasteiger partial charge on any atom is -0.292 e. The summed E-state index contributed by atoms with van der Waals surface area (Å²) in [5.41, 5.74) is 5.71. The van der Waals surface area contributed by atoms with E-state index in [1.165, 1.54) is 20.2 Å². The Balaban J connectivity index is 1.47. The van der Waals surface area contributed by atoms with E-state index in [1.54, 1.807) is 17.4 Å². The van der Waals surface area contributed by atoms with Crippen LogP contribution in [0.15, 0.2) is 127 Å². The third kappa shape index (κ3) is 3.42. The molecule has 0 aliphatic rings. The first-order chi connectivity index (χ1) is 19.3. The molecule has 0 saturated carbocycles. The monoisotopic (exact) mass is 520 g/mol. The van der Waals surface area contributed by atoms with E-state index in [4.69, 9.17) is 4.98 Å². The Labute approximate surface area is 228 Å². The van der Waals surface area contributed by atoms with Crippen molar-refractivity contribution in [3.63, 3.8) is 0 Å². The molecule has 0 unspecified atom stereocenters. The first kappa shape index (κ1) is 22.2. The third-order valence-electron chi connectivity index (χ3n) is 7.48. The largest absolute Gasteiger partial charge is 0.292 e. The molecule has 184 valence electrons. The van der Waals surface area contributed by atoms with Crippen LogP contribution < -0.4 is 0 Å². The number of hydrogen-bond acceptors (Lipinski definition) is 2. The summed E-state index contributed by atoms with van der Waals surface area (Å²) in [4.78, 5) is 5.17. The van der Waals surface area contributed by atoms with Crippen LogP contribution in [0.4, 0.5) is 4.39 Å². The maximum atomic E-state index is 15.6. The summed E-state index contributed by atoms with van der Waals surface area (Å²) < 4.78 is 20.2. The van der Waals surface area contributed by atoms with Crippen molar-refractivity contribution < 1.29 is 4.39 Å². The zero-order valence-corrected chi connectivity index (χ0v) is 21.6. The van der Waals surface area contributed by atoms with E-state index in [2.05, 4.69) is 65.2 Å². The highest BCUT2D eigenvalue weighted by Gasteiger charge is 2.20. The molecule has 0 bridgehead atoms. The summed E-state index contributed by atoms with van der Waals surface area (Å²) in [6.45, 7) is 0. The third-order valence-corrected chi connectivity index (χ3v) is 8.70. The minimum atomic E-state index is -0.231. The molecule has 2 heterocycles. The number of hydrogen-bond donors (Lipinski definition) is 0. The van der Waals surface area contributed by atoms with Gasteiger partial charge in [-0.3, -0.25) is 4.57 Å². The molecule has 0 amide bonds. The number of rotatable bonds is 3. The van der Waals surface area contributed by atoms with Crippen LogP contribution in [0, 0.1) is 5.82 Å². The van der Waals surface area contributed by atoms with Crippen LogP contribution in [0.3, 0.4) is 0 Å². The van der Waals surface area contributed by atoms with Gasteiger partial charge in [0.05, 0.1) is 16.7 Å². The summed E-state index contributed by atoms with van der Waals surface area (Å²) in [6.07, 6.45) is 0. The van der Waals surface area contributed by atoms with Gasteiger partial charge in [-0.15, -0.1) is 11.3 Å². The lowest BCUT2D eigenvalue weighted by molar-refractivity contribution is 0.640. The Hall–Kier alpha value is -4.80. The van der Waals surface area contributed by atoms with E-state index in [0.717, 1.165) is 44.6 Å². The Morgan fingerprint density at radius 2 is 1.33 bits per heavy atom. The number of imidazole rings is 1. The first-order valence-corrected chi connectivity index (χ1v) is 13.7. The van der Waals surface area contributed by atoms with Crippen LogP contribution in [-0.4, -0.2) is 9.55 Å². The number of thiophene rings is 1. The van der Waals surface area contributed by atoms with Gasteiger partial charge in [0.2, 0.25) is 0 Å². The molecule has 6 aromatic carbocycles. The quantitative estimate of drug-likeness (QED) is 0.227. The van der Waals surface area contributed by atoms with Crippen molar-refractivity contribution in [2.45, 2.75) is 0 Å². The molecule has 2 aromatic heterocycles. The minimum absolute atomic E-state index is 0.231. The Bertz CT molecular complexity index is 2190. The lowest BCUT2D eigenvalue weighted by atomic mass is 9.99. The molecule has 8 aromatic rings. The average molecular weight is 521 g/mol. The van der Waals surface area contributed by atoms with Gasteiger partial charge in [0, 0.05) is 36.5 Å². The standard InChI is InChI=1S/C35H21FN2S/c36-29-21-23(22-10-2-1-3-11-22)20-28-24(29)13-9-18-31(28)38-32-17-6-5-16-30(32)37-35(38)27-15-8-14-26-25-12-4-7-19-33(25)39-34(26)27/h1-21H. The number of nitrogens with zero attached hydrogens (tertiary/aromatic N) is 2. The van der Waals surface area contributed by atoms with Crippen molar-refractivity contribution in [2.24, 2.45) is 0 Å². The van der Waals surface area contributed by atoms with Gasteiger partial charge in [0.15, 0.2) is 0 Å². The normalized spacial score (nSPS) is 11.7. The molecule has 0 aliphatic heterocycles. The molecular formula is C35H21FN2S. The molecule has 0 spiro atoms. The number of aromatic nitrogens is 2. The maximum absolute atomic E-state index is 15.6. The molecule has 0 fully saturated rings. The van der Waals surface area contributed by atoms with E-state index in [1.807, 2.05) is 60.7 Å². The Kier molecular flexibility index (Phi) is 4.91. The van der Waals surface area contributed by atoms with Crippen molar-refractivity contribution in [2.75, 3.05) is 0 Å². The second-order valence-electron chi connectivity index (χ2n) is 9.74. The fourth-order valence-corrected chi connectivity index (χ4v) is 6.90. The van der Waals surface area contributed by atoms with Crippen LogP contribution in [0.2, 0.25) is 0 Å². The molecule has 0 saturated heterocycles. The first-order valence-electron chi connectivity index (χ1n) is 12.9. The van der Waals surface area contributed by atoms with Crippen molar-refractivity contribution in [1.29, 1.82) is 0 Å². The molecular weight excluding hydrogens is 499 g/mol. The van der Waals surface area contributed by atoms with Crippen molar-refractivity contribution in [3.8, 4) is 28.2 Å². The van der Waals surface area contributed by atoms with Gasteiger partial charge in [0.1, 0.15) is 11.6 Å². The Morgan fingerprint density at radius 3 is 2.26 bits per heavy atom. The second-order valence-corrected chi connectivity index (χ2v) is 10.8. The summed E-state index contributed by atoms with van der Waals surface area (Å²) in [5, 5.41) is 3.92. The zero-order valence-electron chi connectivity index (χ0n) is 20.8. The smallest absolute Gasteiger partial charge is 0.147 e. The highest BCUT2D eigenvalue weighted by atomic mass is 32.1. The highest BCUT2D eigenvalue weighted by Crippen LogP contribution is 2.42. The lowest BCUT2D eigenvalue weighted by Crippen LogP contribution is -2.00. The number of halogens is 1. The molecule has 2 nitrogen and oxygen atoms in total. The van der Waals surface area contributed by atoms with E-state index in [-0.39, 0.29) is 5.82 Å². The van der Waals surface area contributed by atoms with Crippen LogP contribution in [0.5, 0.6) is 0 Å². The summed E-state index contributed by atoms with van der Waals surface area (Å²) >= 11 is 1.79. The van der Waals surface area contributed by atoms with Crippen molar-refractivity contribution >= 4 is 53.3 Å². The number of benzene rings is 6. The predicted molar refractivity (Wildman–Crippen MR) is 162 cm³/mol. The molecule has 0 aliphatic carbocycles. The summed E-state index contributed by atoms with van der Waals surface area (Å²) in [7, 11) is 0. The van der Waals surface area contributed by atoms with E-state index in [0.29, 0.717) is 5.39 Å². The van der Waals surface area contributed by atoms with Gasteiger partial charge >= 0.3 is 0 Å². The fourth-order valence-electron chi connectivity index (χ4n) is 5.69. The molecule has 0 atom stereocenters. The van der Waals surface area contributed by atoms with Gasteiger partial charge in [-0.2, -0.15) is 0 Å². The topological polar surface area (TPSA) is 17.8 Å². The van der Waals surface area contributed by atoms with Crippen LogP contribution in [0.1, 0.15) is 0 Å². The van der Waals surface area contributed by atoms with Crippen molar-refractivity contribution in [1.82, 2.24) is 9.55 Å². The predicted octanol–water partition coefficient (Wildman–Crippen LogP) is 10.0. The fraction of sp³-hybridized carbons (Fsp3) is 0. The molecule has 0 radical (unpaired) electrons. The van der Waals surface area contributed by atoms with Crippen LogP contribution >= 0.6 is 11.3 Å². The Morgan fingerprint density at radius 1 is 0.590 bits per heavy atom. The highest BCUT2D eigenvalue weighted by molar-refractivity contribution is 7.26. The van der Waals surface area contributed by atoms with Gasteiger partial charge < -0.3 is 0 Å². The van der Waals surface area contributed by atoms with E-state index >= 15 is 4.39 Å². The molecule has 39 heavy (non-hydrogen) atoms. The van der Waals surface area contributed by atoms with E-state index < -0.39 is 0 Å². The molecule has 4 heteroatoms. The number of fused-ring (bicyclic) bond motifs is 5. The second kappa shape index (κ2) is 8.62. The summed E-state index contributed by atoms with van der Waals surface area (Å²) in [6, 6.07) is 42.7. The van der Waals surface area contributed by atoms with Crippen LogP contribution in [-0.2, 0) is 0 Å². The van der Waals surface area contributed by atoms with Crippen molar-refractivity contribution in [3.05, 3.63) is 133 Å². The SMILES string of the molecule is Fc1cc(-c2ccccc2)cc2c(-n3c(-c4cccc5c4sc4ccccc45)nc4ccccc43)cccc12. The molecule has 0 N–H and O–H groups in total. The van der Waals surface area contributed by atoms with E-state index in [9.17, 15) is 0 Å². The maximum Gasteiger partial charge on any atom is 0.147 e. The van der Waals surface area contributed by atoms with Gasteiger partial charge in [-0.05, 0) is 53.6 Å². The lowest BCUT2D eigenvalue weighted by Gasteiger charge is -2.15. The van der Waals surface area contributed by atoms with Gasteiger partial charge in [-0.1, -0.05) is 84.9 Å². The van der Waals surface area contributed by atoms with Gasteiger partial charge in [0.25, 0.3) is 0 Å². The van der Waals surface area contributed by atoms with Gasteiger partial charge in [-0.25, -0.2) is 9.37 Å². The number of para-hydroxylation sites is 2. The average Bonchev–Trinajstić information content (AvgIpc) is 3.56. The summed E-state index contributed by atoms with van der Waals surface area (Å²) in [5.74, 6) is 0.622. The van der Waals surface area contributed by atoms with Crippen LogP contribution in [0.25, 0.3) is 70.2 Å².